The normalized spacial score (nSPS) is 20.9. The lowest BCUT2D eigenvalue weighted by atomic mass is 9.72. The first-order valence-electron chi connectivity index (χ1n) is 8.77. The van der Waals surface area contributed by atoms with Crippen molar-refractivity contribution in [1.29, 1.82) is 0 Å². The van der Waals surface area contributed by atoms with E-state index in [0.717, 1.165) is 32.6 Å². The first-order chi connectivity index (χ1) is 11.6. The largest absolute Gasteiger partial charge is 0.497 e. The van der Waals surface area contributed by atoms with Crippen molar-refractivity contribution in [3.63, 3.8) is 0 Å². The van der Waals surface area contributed by atoms with Gasteiger partial charge in [-0.2, -0.15) is 0 Å². The Morgan fingerprint density at radius 3 is 2.50 bits per heavy atom. The van der Waals surface area contributed by atoms with Gasteiger partial charge in [0.1, 0.15) is 11.5 Å². The first kappa shape index (κ1) is 17.1. The van der Waals surface area contributed by atoms with E-state index in [-0.39, 0.29) is 5.91 Å². The van der Waals surface area contributed by atoms with Crippen LogP contribution in [0.4, 0.5) is 0 Å². The summed E-state index contributed by atoms with van der Waals surface area (Å²) < 4.78 is 10.6. The average Bonchev–Trinajstić information content (AvgIpc) is 2.63. The van der Waals surface area contributed by atoms with Crippen LogP contribution in [0.25, 0.3) is 0 Å². The van der Waals surface area contributed by atoms with E-state index in [1.807, 2.05) is 17.0 Å². The number of rotatable bonds is 3. The molecule has 2 aliphatic rings. The lowest BCUT2D eigenvalue weighted by Gasteiger charge is -2.47. The van der Waals surface area contributed by atoms with E-state index in [2.05, 4.69) is 11.9 Å². The number of carbonyl (C=O) groups excluding carboxylic acids is 1. The number of benzene rings is 1. The molecule has 5 nitrogen and oxygen atoms in total. The number of amides is 1. The summed E-state index contributed by atoms with van der Waals surface area (Å²) in [7, 11) is 5.39. The lowest BCUT2D eigenvalue weighted by molar-refractivity contribution is 0.0259. The summed E-state index contributed by atoms with van der Waals surface area (Å²) in [5.74, 6) is 1.36. The number of nitrogens with zero attached hydrogens (tertiary/aromatic N) is 2. The van der Waals surface area contributed by atoms with Gasteiger partial charge in [-0.1, -0.05) is 0 Å². The Bertz CT molecular complexity index is 594. The molecular weight excluding hydrogens is 304 g/mol. The van der Waals surface area contributed by atoms with E-state index < -0.39 is 0 Å². The third-order valence-electron chi connectivity index (χ3n) is 5.64. The molecule has 2 heterocycles. The summed E-state index contributed by atoms with van der Waals surface area (Å²) in [5, 5.41) is 0. The second kappa shape index (κ2) is 7.01. The number of likely N-dealkylation sites (tertiary alicyclic amines) is 2. The van der Waals surface area contributed by atoms with Crippen LogP contribution in [-0.4, -0.2) is 63.2 Å². The molecule has 1 aromatic carbocycles. The van der Waals surface area contributed by atoms with Gasteiger partial charge in [0.25, 0.3) is 5.91 Å². The van der Waals surface area contributed by atoms with Crippen LogP contribution >= 0.6 is 0 Å². The first-order valence-corrected chi connectivity index (χ1v) is 8.77. The Labute approximate surface area is 144 Å². The van der Waals surface area contributed by atoms with Crippen LogP contribution in [-0.2, 0) is 0 Å². The van der Waals surface area contributed by atoms with Crippen molar-refractivity contribution < 1.29 is 14.3 Å². The molecule has 2 fully saturated rings. The molecule has 24 heavy (non-hydrogen) atoms. The van der Waals surface area contributed by atoms with Crippen molar-refractivity contribution in [3.8, 4) is 11.5 Å². The lowest BCUT2D eigenvalue weighted by Crippen LogP contribution is -2.50. The minimum absolute atomic E-state index is 0.0764. The zero-order valence-corrected chi connectivity index (χ0v) is 15.0. The fraction of sp³-hybridized carbons (Fsp3) is 0.632. The molecule has 0 bridgehead atoms. The fourth-order valence-corrected chi connectivity index (χ4v) is 4.03. The number of methoxy groups -OCH3 is 2. The van der Waals surface area contributed by atoms with Crippen molar-refractivity contribution in [2.24, 2.45) is 5.41 Å². The molecule has 132 valence electrons. The van der Waals surface area contributed by atoms with Crippen LogP contribution in [0, 0.1) is 5.41 Å². The Balaban J connectivity index is 1.77. The van der Waals surface area contributed by atoms with Gasteiger partial charge in [-0.25, -0.2) is 0 Å². The van der Waals surface area contributed by atoms with Crippen LogP contribution in [0.3, 0.4) is 0 Å². The summed E-state index contributed by atoms with van der Waals surface area (Å²) >= 11 is 0. The Kier molecular flexibility index (Phi) is 4.99. The van der Waals surface area contributed by atoms with Crippen LogP contribution in [0.5, 0.6) is 11.5 Å². The number of hydrogen-bond donors (Lipinski definition) is 0. The number of hydrogen-bond acceptors (Lipinski definition) is 4. The van der Waals surface area contributed by atoms with Crippen LogP contribution < -0.4 is 9.47 Å². The summed E-state index contributed by atoms with van der Waals surface area (Å²) in [6.07, 6.45) is 4.71. The van der Waals surface area contributed by atoms with E-state index in [1.54, 1.807) is 20.3 Å². The number of piperidine rings is 2. The van der Waals surface area contributed by atoms with E-state index in [0.29, 0.717) is 22.5 Å². The molecule has 3 rings (SSSR count). The summed E-state index contributed by atoms with van der Waals surface area (Å²) in [5.41, 5.74) is 0.934. The SMILES string of the molecule is COc1ccc(C(=O)N2CCCC3(CCN(C)CC3)C2)c(OC)c1. The van der Waals surface area contributed by atoms with E-state index in [9.17, 15) is 4.79 Å². The Morgan fingerprint density at radius 1 is 1.08 bits per heavy atom. The molecule has 0 aromatic heterocycles. The summed E-state index contributed by atoms with van der Waals surface area (Å²) in [6, 6.07) is 5.42. The highest BCUT2D eigenvalue weighted by Gasteiger charge is 2.39. The minimum Gasteiger partial charge on any atom is -0.497 e. The summed E-state index contributed by atoms with van der Waals surface area (Å²) in [6.45, 7) is 3.97. The molecule has 1 amide bonds. The number of carbonyl (C=O) groups is 1. The quantitative estimate of drug-likeness (QED) is 0.853. The van der Waals surface area contributed by atoms with E-state index in [1.165, 1.54) is 19.3 Å². The van der Waals surface area contributed by atoms with Gasteiger partial charge >= 0.3 is 0 Å². The van der Waals surface area contributed by atoms with Crippen molar-refractivity contribution in [1.82, 2.24) is 9.80 Å². The van der Waals surface area contributed by atoms with Crippen LogP contribution in [0.2, 0.25) is 0 Å². The van der Waals surface area contributed by atoms with E-state index >= 15 is 0 Å². The molecule has 0 unspecified atom stereocenters. The molecule has 0 atom stereocenters. The zero-order valence-electron chi connectivity index (χ0n) is 15.0. The van der Waals surface area contributed by atoms with Gasteiger partial charge in [0, 0.05) is 19.2 Å². The highest BCUT2D eigenvalue weighted by Crippen LogP contribution is 2.40. The Morgan fingerprint density at radius 2 is 1.83 bits per heavy atom. The van der Waals surface area contributed by atoms with Crippen LogP contribution in [0.15, 0.2) is 18.2 Å². The van der Waals surface area contributed by atoms with E-state index in [4.69, 9.17) is 9.47 Å². The molecule has 0 N–H and O–H groups in total. The minimum atomic E-state index is 0.0764. The average molecular weight is 332 g/mol. The number of ether oxygens (including phenoxy) is 2. The molecule has 0 aliphatic carbocycles. The predicted molar refractivity (Wildman–Crippen MR) is 93.8 cm³/mol. The predicted octanol–water partition coefficient (Wildman–Crippen LogP) is 2.65. The molecule has 2 saturated heterocycles. The van der Waals surface area contributed by atoms with Crippen LogP contribution in [0.1, 0.15) is 36.0 Å². The van der Waals surface area contributed by atoms with Gasteiger partial charge in [-0.15, -0.1) is 0 Å². The smallest absolute Gasteiger partial charge is 0.257 e. The van der Waals surface area contributed by atoms with Crippen molar-refractivity contribution >= 4 is 5.91 Å². The molecule has 1 aromatic rings. The van der Waals surface area contributed by atoms with Gasteiger partial charge in [-0.05, 0) is 63.4 Å². The fourth-order valence-electron chi connectivity index (χ4n) is 4.03. The molecule has 2 aliphatic heterocycles. The van der Waals surface area contributed by atoms with Gasteiger partial charge in [0.2, 0.25) is 0 Å². The molecule has 5 heteroatoms. The highest BCUT2D eigenvalue weighted by molar-refractivity contribution is 5.97. The second-order valence-electron chi connectivity index (χ2n) is 7.20. The molecule has 0 radical (unpaired) electrons. The monoisotopic (exact) mass is 332 g/mol. The molecule has 0 saturated carbocycles. The van der Waals surface area contributed by atoms with Gasteiger partial charge < -0.3 is 19.3 Å². The van der Waals surface area contributed by atoms with Crippen molar-refractivity contribution in [3.05, 3.63) is 23.8 Å². The van der Waals surface area contributed by atoms with Gasteiger partial charge in [0.05, 0.1) is 19.8 Å². The maximum absolute atomic E-state index is 13.1. The third-order valence-corrected chi connectivity index (χ3v) is 5.64. The topological polar surface area (TPSA) is 42.0 Å². The van der Waals surface area contributed by atoms with Crippen molar-refractivity contribution in [2.45, 2.75) is 25.7 Å². The standard InChI is InChI=1S/C19H28N2O3/c1-20-11-8-19(9-12-20)7-4-10-21(14-19)18(22)16-6-5-15(23-2)13-17(16)24-3/h5-6,13H,4,7-12,14H2,1-3H3. The third kappa shape index (κ3) is 3.36. The second-order valence-corrected chi connectivity index (χ2v) is 7.20. The summed E-state index contributed by atoms with van der Waals surface area (Å²) in [4.78, 5) is 17.5. The molecule has 1 spiro atoms. The Hall–Kier alpha value is -1.75. The van der Waals surface area contributed by atoms with Gasteiger partial charge in [0.15, 0.2) is 0 Å². The zero-order chi connectivity index (χ0) is 17.2. The molecular formula is C19H28N2O3. The maximum Gasteiger partial charge on any atom is 0.257 e. The van der Waals surface area contributed by atoms with Crippen molar-refractivity contribution in [2.75, 3.05) is 47.4 Å². The maximum atomic E-state index is 13.1. The van der Waals surface area contributed by atoms with Gasteiger partial charge in [-0.3, -0.25) is 4.79 Å². The highest BCUT2D eigenvalue weighted by atomic mass is 16.5.